The second-order valence-electron chi connectivity index (χ2n) is 8.07. The van der Waals surface area contributed by atoms with Gasteiger partial charge >= 0.3 is 0 Å². The van der Waals surface area contributed by atoms with Crippen molar-refractivity contribution < 1.29 is 19.0 Å². The molecule has 6 nitrogen and oxygen atoms in total. The minimum Gasteiger partial charge on any atom is -0.497 e. The monoisotopic (exact) mass is 470 g/mol. The summed E-state index contributed by atoms with van der Waals surface area (Å²) < 4.78 is 18.7. The van der Waals surface area contributed by atoms with Gasteiger partial charge < -0.3 is 23.6 Å². The predicted molar refractivity (Wildman–Crippen MR) is 139 cm³/mol. The Morgan fingerprint density at radius 3 is 2.29 bits per heavy atom. The lowest BCUT2D eigenvalue weighted by Crippen LogP contribution is -2.03. The molecule has 35 heavy (non-hydrogen) atoms. The largest absolute Gasteiger partial charge is 0.497 e. The Kier molecular flexibility index (Phi) is 7.41. The Labute approximate surface area is 206 Å². The minimum atomic E-state index is 0.413. The Bertz CT molecular complexity index is 1330. The maximum absolute atomic E-state index is 5.68. The van der Waals surface area contributed by atoms with E-state index in [-0.39, 0.29) is 0 Å². The van der Waals surface area contributed by atoms with Crippen LogP contribution in [0.5, 0.6) is 17.2 Å². The van der Waals surface area contributed by atoms with Gasteiger partial charge in [-0.25, -0.2) is 0 Å². The lowest BCUT2D eigenvalue weighted by Gasteiger charge is -2.15. The summed E-state index contributed by atoms with van der Waals surface area (Å²) in [6.07, 6.45) is 0. The molecule has 0 radical (unpaired) electrons. The number of aromatic nitrogens is 1. The number of hydrogen-bond acceptors (Lipinski definition) is 5. The maximum atomic E-state index is 5.68. The first kappa shape index (κ1) is 24.0. The summed E-state index contributed by atoms with van der Waals surface area (Å²) in [5, 5.41) is 4.42. The highest BCUT2D eigenvalue weighted by Gasteiger charge is 2.19. The van der Waals surface area contributed by atoms with Gasteiger partial charge in [0.05, 0.1) is 32.7 Å². The van der Waals surface area contributed by atoms with E-state index in [9.17, 15) is 0 Å². The third-order valence-corrected chi connectivity index (χ3v) is 5.90. The number of hydrogen-bond donors (Lipinski definition) is 0. The first-order valence-corrected chi connectivity index (χ1v) is 11.4. The summed E-state index contributed by atoms with van der Waals surface area (Å²) in [6.45, 7) is 4.45. The van der Waals surface area contributed by atoms with Crippen molar-refractivity contribution in [1.82, 2.24) is 4.57 Å². The van der Waals surface area contributed by atoms with Crippen LogP contribution in [0, 0.1) is 6.92 Å². The second-order valence-corrected chi connectivity index (χ2v) is 8.07. The van der Waals surface area contributed by atoms with Gasteiger partial charge in [0.25, 0.3) is 0 Å². The molecule has 4 rings (SSSR count). The first-order valence-electron chi connectivity index (χ1n) is 11.4. The number of rotatable bonds is 9. The normalized spacial score (nSPS) is 11.3. The second kappa shape index (κ2) is 10.8. The summed E-state index contributed by atoms with van der Waals surface area (Å²) in [6, 6.07) is 26.0. The SMILES string of the molecule is COc1cccc(-c2cc(/C(C)=N/OCc3ccccc3)c(C)n2-c2ccc(OC)c(OC)c2)c1. The average molecular weight is 471 g/mol. The molecular weight excluding hydrogens is 440 g/mol. The van der Waals surface area contributed by atoms with Gasteiger partial charge in [0, 0.05) is 28.6 Å². The van der Waals surface area contributed by atoms with Gasteiger partial charge in [-0.3, -0.25) is 0 Å². The molecule has 0 saturated carbocycles. The summed E-state index contributed by atoms with van der Waals surface area (Å²) in [7, 11) is 4.94. The molecule has 0 unspecified atom stereocenters. The summed E-state index contributed by atoms with van der Waals surface area (Å²) in [5.74, 6) is 2.13. The van der Waals surface area contributed by atoms with Crippen molar-refractivity contribution in [1.29, 1.82) is 0 Å². The van der Waals surface area contributed by atoms with Crippen LogP contribution in [0.3, 0.4) is 0 Å². The Hall–Kier alpha value is -4.19. The van der Waals surface area contributed by atoms with E-state index in [4.69, 9.17) is 19.0 Å². The summed E-state index contributed by atoms with van der Waals surface area (Å²) in [4.78, 5) is 5.68. The van der Waals surface area contributed by atoms with Crippen LogP contribution in [0.15, 0.2) is 84.0 Å². The fourth-order valence-electron chi connectivity index (χ4n) is 4.09. The van der Waals surface area contributed by atoms with Crippen molar-refractivity contribution in [2.24, 2.45) is 5.16 Å². The van der Waals surface area contributed by atoms with Crippen LogP contribution in [0.25, 0.3) is 16.9 Å². The van der Waals surface area contributed by atoms with E-state index in [1.807, 2.05) is 73.7 Å². The van der Waals surface area contributed by atoms with Crippen LogP contribution in [-0.4, -0.2) is 31.6 Å². The minimum absolute atomic E-state index is 0.413. The standard InChI is InChI=1S/C29H30N2O4/c1-20(30-35-19-22-10-7-6-8-11-22)26-18-27(23-12-9-13-25(16-23)32-3)31(21(26)2)24-14-15-28(33-4)29(17-24)34-5/h6-18H,19H2,1-5H3/b30-20+. The maximum Gasteiger partial charge on any atom is 0.162 e. The molecule has 0 bridgehead atoms. The molecule has 0 aliphatic carbocycles. The predicted octanol–water partition coefficient (Wildman–Crippen LogP) is 6.42. The lowest BCUT2D eigenvalue weighted by atomic mass is 10.1. The van der Waals surface area contributed by atoms with Crippen LogP contribution >= 0.6 is 0 Å². The van der Waals surface area contributed by atoms with E-state index in [1.54, 1.807) is 21.3 Å². The van der Waals surface area contributed by atoms with Crippen molar-refractivity contribution in [3.05, 3.63) is 95.7 Å². The van der Waals surface area contributed by atoms with E-state index in [2.05, 4.69) is 28.8 Å². The van der Waals surface area contributed by atoms with E-state index in [0.29, 0.717) is 18.1 Å². The van der Waals surface area contributed by atoms with Gasteiger partial charge in [-0.2, -0.15) is 0 Å². The number of oxime groups is 1. The molecule has 0 aliphatic heterocycles. The molecule has 0 saturated heterocycles. The number of methoxy groups -OCH3 is 3. The van der Waals surface area contributed by atoms with E-state index >= 15 is 0 Å². The van der Waals surface area contributed by atoms with Crippen LogP contribution in [0.2, 0.25) is 0 Å². The quantitative estimate of drug-likeness (QED) is 0.209. The average Bonchev–Trinajstić information content (AvgIpc) is 3.25. The molecule has 4 aromatic rings. The molecular formula is C29H30N2O4. The highest BCUT2D eigenvalue weighted by Crippen LogP contribution is 2.35. The fraction of sp³-hybridized carbons (Fsp3) is 0.207. The molecule has 0 N–H and O–H groups in total. The molecule has 3 aromatic carbocycles. The molecule has 180 valence electrons. The zero-order chi connectivity index (χ0) is 24.8. The van der Waals surface area contributed by atoms with Gasteiger partial charge in [-0.1, -0.05) is 47.6 Å². The number of nitrogens with zero attached hydrogens (tertiary/aromatic N) is 2. The van der Waals surface area contributed by atoms with Crippen LogP contribution < -0.4 is 14.2 Å². The lowest BCUT2D eigenvalue weighted by molar-refractivity contribution is 0.130. The van der Waals surface area contributed by atoms with Gasteiger partial charge in [-0.05, 0) is 49.7 Å². The van der Waals surface area contributed by atoms with Crippen LogP contribution in [0.4, 0.5) is 0 Å². The third kappa shape index (κ3) is 5.17. The molecule has 6 heteroatoms. The summed E-state index contributed by atoms with van der Waals surface area (Å²) >= 11 is 0. The van der Waals surface area contributed by atoms with Crippen molar-refractivity contribution in [3.8, 4) is 34.2 Å². The van der Waals surface area contributed by atoms with E-state index in [1.165, 1.54) is 0 Å². The van der Waals surface area contributed by atoms with Gasteiger partial charge in [0.2, 0.25) is 0 Å². The van der Waals surface area contributed by atoms with Crippen LogP contribution in [0.1, 0.15) is 23.7 Å². The van der Waals surface area contributed by atoms with Gasteiger partial charge in [0.1, 0.15) is 12.4 Å². The topological polar surface area (TPSA) is 54.2 Å². The van der Waals surface area contributed by atoms with Gasteiger partial charge in [0.15, 0.2) is 11.5 Å². The van der Waals surface area contributed by atoms with E-state index < -0.39 is 0 Å². The first-order chi connectivity index (χ1) is 17.0. The van der Waals surface area contributed by atoms with Crippen molar-refractivity contribution in [2.75, 3.05) is 21.3 Å². The molecule has 0 amide bonds. The fourth-order valence-corrected chi connectivity index (χ4v) is 4.09. The summed E-state index contributed by atoms with van der Waals surface area (Å²) in [5.41, 5.74) is 6.85. The Morgan fingerprint density at radius 1 is 0.800 bits per heavy atom. The van der Waals surface area contributed by atoms with Gasteiger partial charge in [-0.15, -0.1) is 0 Å². The Balaban J connectivity index is 1.79. The third-order valence-electron chi connectivity index (χ3n) is 5.90. The van der Waals surface area contributed by atoms with Crippen molar-refractivity contribution >= 4 is 5.71 Å². The number of benzene rings is 3. The van der Waals surface area contributed by atoms with Crippen LogP contribution in [-0.2, 0) is 11.4 Å². The highest BCUT2D eigenvalue weighted by molar-refractivity contribution is 6.01. The molecule has 1 aromatic heterocycles. The smallest absolute Gasteiger partial charge is 0.162 e. The molecule has 1 heterocycles. The Morgan fingerprint density at radius 2 is 1.57 bits per heavy atom. The molecule has 0 spiro atoms. The van der Waals surface area contributed by atoms with Crippen molar-refractivity contribution in [2.45, 2.75) is 20.5 Å². The molecule has 0 fully saturated rings. The zero-order valence-corrected chi connectivity index (χ0v) is 20.7. The highest BCUT2D eigenvalue weighted by atomic mass is 16.6. The van der Waals surface area contributed by atoms with E-state index in [0.717, 1.165) is 45.2 Å². The number of ether oxygens (including phenoxy) is 3. The zero-order valence-electron chi connectivity index (χ0n) is 20.7. The molecule has 0 atom stereocenters. The molecule has 0 aliphatic rings. The van der Waals surface area contributed by atoms with Crippen molar-refractivity contribution in [3.63, 3.8) is 0 Å².